The van der Waals surface area contributed by atoms with Crippen LogP contribution in [0.25, 0.3) is 109 Å². The van der Waals surface area contributed by atoms with Crippen LogP contribution in [0, 0.1) is 0 Å². The summed E-state index contributed by atoms with van der Waals surface area (Å²) in [5, 5.41) is 13.2. The van der Waals surface area contributed by atoms with Crippen molar-refractivity contribution in [2.24, 2.45) is 0 Å². The Morgan fingerprint density at radius 2 is 0.925 bits per heavy atom. The molecule has 53 heavy (non-hydrogen) atoms. The summed E-state index contributed by atoms with van der Waals surface area (Å²) in [7, 11) is 0. The van der Waals surface area contributed by atoms with Crippen molar-refractivity contribution in [2.45, 2.75) is 19.3 Å². The Kier molecular flexibility index (Phi) is 5.66. The van der Waals surface area contributed by atoms with Crippen molar-refractivity contribution in [1.29, 1.82) is 0 Å². The molecule has 2 aliphatic rings. The maximum absolute atomic E-state index is 2.48. The number of hydrogen-bond donors (Lipinski definition) is 0. The van der Waals surface area contributed by atoms with Gasteiger partial charge in [0.05, 0.1) is 0 Å². The van der Waals surface area contributed by atoms with Crippen LogP contribution in [0.2, 0.25) is 0 Å². The highest BCUT2D eigenvalue weighted by Crippen LogP contribution is 2.54. The zero-order chi connectivity index (χ0) is 35.0. The van der Waals surface area contributed by atoms with Gasteiger partial charge in [-0.2, -0.15) is 0 Å². The smallest absolute Gasteiger partial charge is 0.0165 e. The van der Waals surface area contributed by atoms with E-state index in [9.17, 15) is 0 Å². The van der Waals surface area contributed by atoms with E-state index in [1.807, 2.05) is 0 Å². The molecule has 246 valence electrons. The molecule has 0 spiro atoms. The van der Waals surface area contributed by atoms with Crippen LogP contribution in [0.4, 0.5) is 0 Å². The van der Waals surface area contributed by atoms with E-state index in [4.69, 9.17) is 0 Å². The average Bonchev–Trinajstić information content (AvgIpc) is 3.53. The third-order valence-electron chi connectivity index (χ3n) is 12.5. The summed E-state index contributed by atoms with van der Waals surface area (Å²) in [5.41, 5.74) is 15.8. The molecule has 0 radical (unpaired) electrons. The lowest BCUT2D eigenvalue weighted by molar-refractivity contribution is 0.651. The van der Waals surface area contributed by atoms with E-state index < -0.39 is 0 Å². The zero-order valence-corrected chi connectivity index (χ0v) is 29.7. The predicted octanol–water partition coefficient (Wildman–Crippen LogP) is 14.7. The quantitative estimate of drug-likeness (QED) is 0.161. The Balaban J connectivity index is 1.08. The van der Waals surface area contributed by atoms with E-state index >= 15 is 0 Å². The molecule has 12 rings (SSSR count). The van der Waals surface area contributed by atoms with E-state index in [2.05, 4.69) is 184 Å². The largest absolute Gasteiger partial charge is 0.0616 e. The fourth-order valence-electron chi connectivity index (χ4n) is 10.2. The molecule has 0 aromatic heterocycles. The van der Waals surface area contributed by atoms with E-state index in [0.717, 1.165) is 0 Å². The van der Waals surface area contributed by atoms with Crippen molar-refractivity contribution in [3.05, 3.63) is 181 Å². The van der Waals surface area contributed by atoms with Crippen molar-refractivity contribution in [1.82, 2.24) is 0 Å². The monoisotopic (exact) mass is 670 g/mol. The van der Waals surface area contributed by atoms with Crippen LogP contribution in [-0.4, -0.2) is 0 Å². The highest BCUT2D eigenvalue weighted by molar-refractivity contribution is 6.20. The number of benzene rings is 10. The van der Waals surface area contributed by atoms with Crippen molar-refractivity contribution in [2.75, 3.05) is 0 Å². The molecule has 0 aliphatic heterocycles. The standard InChI is InChI=1S/C53H34/c1-53(2)49-20-9-12-34-28-35(37-25-26-45-41-16-7-6-15-40(41)44-19-10-18-43(37)51(44)45)30-48(50(34)49)46-24-22-32-27-33(21-23-38(32)52(46)53)47-29-31-11-3-4-13-36(31)39-14-5-8-17-42(39)47/h3-30H,1-2H3. The first-order valence-electron chi connectivity index (χ1n) is 18.8. The van der Waals surface area contributed by atoms with Gasteiger partial charge in [-0.15, -0.1) is 0 Å². The van der Waals surface area contributed by atoms with Gasteiger partial charge in [-0.1, -0.05) is 159 Å². The van der Waals surface area contributed by atoms with Crippen molar-refractivity contribution in [3.63, 3.8) is 0 Å². The van der Waals surface area contributed by atoms with Crippen LogP contribution in [-0.2, 0) is 5.41 Å². The molecule has 0 saturated carbocycles. The van der Waals surface area contributed by atoms with Gasteiger partial charge in [0.2, 0.25) is 0 Å². The van der Waals surface area contributed by atoms with Gasteiger partial charge in [-0.25, -0.2) is 0 Å². The second-order valence-electron chi connectivity index (χ2n) is 15.6. The maximum atomic E-state index is 2.48. The molecule has 0 amide bonds. The Labute approximate surface area is 308 Å². The molecule has 0 atom stereocenters. The van der Waals surface area contributed by atoms with Crippen LogP contribution in [0.3, 0.4) is 0 Å². The lowest BCUT2D eigenvalue weighted by atomic mass is 9.66. The summed E-state index contributed by atoms with van der Waals surface area (Å²) < 4.78 is 0. The van der Waals surface area contributed by atoms with E-state index in [0.29, 0.717) is 0 Å². The van der Waals surface area contributed by atoms with Crippen molar-refractivity contribution in [3.8, 4) is 55.6 Å². The van der Waals surface area contributed by atoms with E-state index in [1.54, 1.807) is 0 Å². The summed E-state index contributed by atoms with van der Waals surface area (Å²) in [6.45, 7) is 4.84. The first-order chi connectivity index (χ1) is 26.0. The fraction of sp³-hybridized carbons (Fsp3) is 0.0566. The molecule has 0 unspecified atom stereocenters. The van der Waals surface area contributed by atoms with Gasteiger partial charge in [-0.05, 0) is 145 Å². The Bertz CT molecular complexity index is 3220. The van der Waals surface area contributed by atoms with Crippen molar-refractivity contribution < 1.29 is 0 Å². The van der Waals surface area contributed by atoms with Crippen LogP contribution < -0.4 is 0 Å². The molecule has 0 nitrogen and oxygen atoms in total. The van der Waals surface area contributed by atoms with Gasteiger partial charge < -0.3 is 0 Å². The molecular formula is C53H34. The number of hydrogen-bond acceptors (Lipinski definition) is 0. The van der Waals surface area contributed by atoms with Crippen LogP contribution >= 0.6 is 0 Å². The topological polar surface area (TPSA) is 0 Å². The van der Waals surface area contributed by atoms with Crippen LogP contribution in [0.1, 0.15) is 25.0 Å². The van der Waals surface area contributed by atoms with Crippen LogP contribution in [0.5, 0.6) is 0 Å². The SMILES string of the molecule is CC1(C)c2c(ccc3cc(-c4cc5ccccc5c5ccccc45)ccc23)-c2cc(-c3ccc4c5c(cccc35)-c3ccccc3-4)cc3cccc1c23. The van der Waals surface area contributed by atoms with Gasteiger partial charge in [0.1, 0.15) is 0 Å². The molecule has 0 heteroatoms. The minimum Gasteiger partial charge on any atom is -0.0616 e. The Hall–Kier alpha value is -6.50. The number of rotatable bonds is 2. The highest BCUT2D eigenvalue weighted by Gasteiger charge is 2.35. The average molecular weight is 671 g/mol. The highest BCUT2D eigenvalue weighted by atomic mass is 14.4. The van der Waals surface area contributed by atoms with Gasteiger partial charge >= 0.3 is 0 Å². The molecule has 10 aromatic rings. The Morgan fingerprint density at radius 3 is 1.79 bits per heavy atom. The minimum atomic E-state index is -0.173. The van der Waals surface area contributed by atoms with Gasteiger partial charge in [0.25, 0.3) is 0 Å². The molecule has 0 heterocycles. The van der Waals surface area contributed by atoms with Crippen molar-refractivity contribution >= 4 is 53.9 Å². The zero-order valence-electron chi connectivity index (χ0n) is 29.7. The first kappa shape index (κ1) is 29.1. The summed E-state index contributed by atoms with van der Waals surface area (Å²) in [6.07, 6.45) is 0. The van der Waals surface area contributed by atoms with E-state index in [1.165, 1.54) is 121 Å². The van der Waals surface area contributed by atoms with Gasteiger partial charge in [0, 0.05) is 5.41 Å². The molecule has 0 saturated heterocycles. The molecule has 0 bridgehead atoms. The summed E-state index contributed by atoms with van der Waals surface area (Å²) in [4.78, 5) is 0. The number of fused-ring (bicyclic) bond motifs is 10. The second-order valence-corrected chi connectivity index (χ2v) is 15.6. The normalized spacial score (nSPS) is 13.6. The lowest BCUT2D eigenvalue weighted by Crippen LogP contribution is -2.24. The predicted molar refractivity (Wildman–Crippen MR) is 227 cm³/mol. The first-order valence-corrected chi connectivity index (χ1v) is 18.8. The lowest BCUT2D eigenvalue weighted by Gasteiger charge is -2.36. The van der Waals surface area contributed by atoms with Gasteiger partial charge in [0.15, 0.2) is 0 Å². The van der Waals surface area contributed by atoms with E-state index in [-0.39, 0.29) is 5.41 Å². The molecule has 0 fully saturated rings. The maximum Gasteiger partial charge on any atom is 0.0165 e. The third-order valence-corrected chi connectivity index (χ3v) is 12.5. The summed E-state index contributed by atoms with van der Waals surface area (Å²) in [5.74, 6) is 0. The summed E-state index contributed by atoms with van der Waals surface area (Å²) >= 11 is 0. The fourth-order valence-corrected chi connectivity index (χ4v) is 10.2. The summed E-state index contributed by atoms with van der Waals surface area (Å²) in [6, 6.07) is 64.1. The Morgan fingerprint density at radius 1 is 0.302 bits per heavy atom. The molecule has 10 aromatic carbocycles. The third kappa shape index (κ3) is 3.85. The molecule has 2 aliphatic carbocycles. The second kappa shape index (κ2) is 10.3. The molecule has 0 N–H and O–H groups in total. The van der Waals surface area contributed by atoms with Crippen LogP contribution in [0.15, 0.2) is 170 Å². The van der Waals surface area contributed by atoms with Gasteiger partial charge in [-0.3, -0.25) is 0 Å². The minimum absolute atomic E-state index is 0.173. The molecular weight excluding hydrogens is 637 g/mol.